The van der Waals surface area contributed by atoms with E-state index >= 15 is 0 Å². The van der Waals surface area contributed by atoms with E-state index in [2.05, 4.69) is 5.32 Å². The van der Waals surface area contributed by atoms with E-state index in [1.165, 1.54) is 6.26 Å². The smallest absolute Gasteiger partial charge is 0.336 e. The number of ketones is 1. The number of allylic oxidation sites excluding steroid dienone is 3. The van der Waals surface area contributed by atoms with Crippen molar-refractivity contribution >= 4 is 34.5 Å². The second kappa shape index (κ2) is 11.8. The minimum atomic E-state index is -0.887. The minimum absolute atomic E-state index is 0.0717. The number of esters is 1. The summed E-state index contributed by atoms with van der Waals surface area (Å²) < 4.78 is 16.9. The van der Waals surface area contributed by atoms with Crippen LogP contribution in [0.5, 0.6) is 5.75 Å². The van der Waals surface area contributed by atoms with Crippen molar-refractivity contribution in [2.75, 3.05) is 25.2 Å². The van der Waals surface area contributed by atoms with Gasteiger partial charge in [0.2, 0.25) is 0 Å². The molecule has 0 saturated heterocycles. The van der Waals surface area contributed by atoms with Crippen LogP contribution >= 0.6 is 11.8 Å². The lowest BCUT2D eigenvalue weighted by Crippen LogP contribution is -2.37. The van der Waals surface area contributed by atoms with Gasteiger partial charge < -0.3 is 19.2 Å². The lowest BCUT2D eigenvalue weighted by molar-refractivity contribution is -0.138. The van der Waals surface area contributed by atoms with Gasteiger partial charge in [-0.1, -0.05) is 30.7 Å². The van der Waals surface area contributed by atoms with E-state index in [4.69, 9.17) is 13.9 Å². The summed E-state index contributed by atoms with van der Waals surface area (Å²) in [5, 5.41) is 3.76. The number of rotatable bonds is 8. The van der Waals surface area contributed by atoms with Crippen LogP contribution in [0.2, 0.25) is 0 Å². The summed E-state index contributed by atoms with van der Waals surface area (Å²) in [7, 11) is 1.62. The molecule has 5 rings (SSSR count). The van der Waals surface area contributed by atoms with E-state index in [9.17, 15) is 14.4 Å². The van der Waals surface area contributed by atoms with Crippen LogP contribution < -0.4 is 15.5 Å². The van der Waals surface area contributed by atoms with Gasteiger partial charge in [-0.05, 0) is 61.8 Å². The fraction of sp³-hybridized carbons (Fsp3) is 0.344. The number of Topliss-reactive ketones (excluding diaryl/α,β-unsaturated/α-hetero) is 1. The number of nitrogens with one attached hydrogen (secondary N) is 1. The zero-order chi connectivity index (χ0) is 28.4. The molecule has 1 N–H and O–H groups in total. The largest absolute Gasteiger partial charge is 0.497 e. The monoisotopic (exact) mass is 559 g/mol. The molecule has 0 saturated carbocycles. The molecule has 0 fully saturated rings. The predicted molar refractivity (Wildman–Crippen MR) is 157 cm³/mol. The molecule has 7 nitrogen and oxygen atoms in total. The average Bonchev–Trinajstić information content (AvgIpc) is 2.95. The Morgan fingerprint density at radius 3 is 2.73 bits per heavy atom. The van der Waals surface area contributed by atoms with E-state index in [-0.39, 0.29) is 41.3 Å². The van der Waals surface area contributed by atoms with Crippen LogP contribution in [-0.4, -0.2) is 37.0 Å². The Morgan fingerprint density at radius 1 is 1.12 bits per heavy atom. The van der Waals surface area contributed by atoms with Crippen LogP contribution in [0.25, 0.3) is 11.0 Å². The van der Waals surface area contributed by atoms with Crippen molar-refractivity contribution in [3.05, 3.63) is 98.2 Å². The first kappa shape index (κ1) is 27.8. The summed E-state index contributed by atoms with van der Waals surface area (Å²) in [6.07, 6.45) is 2.20. The van der Waals surface area contributed by atoms with Crippen LogP contribution in [0.1, 0.15) is 55.2 Å². The number of aryl methyl sites for hydroxylation is 1. The van der Waals surface area contributed by atoms with Crippen molar-refractivity contribution in [1.29, 1.82) is 0 Å². The highest BCUT2D eigenvalue weighted by atomic mass is 32.2. The lowest BCUT2D eigenvalue weighted by atomic mass is 9.72. The van der Waals surface area contributed by atoms with Crippen LogP contribution in [0, 0.1) is 6.92 Å². The first-order valence-corrected chi connectivity index (χ1v) is 14.6. The van der Waals surface area contributed by atoms with Crippen molar-refractivity contribution in [1.82, 2.24) is 5.32 Å². The summed E-state index contributed by atoms with van der Waals surface area (Å²) in [6, 6.07) is 13.1. The number of hydrogen-bond donors (Lipinski definition) is 1. The number of methoxy groups -OCH3 is 1. The van der Waals surface area contributed by atoms with E-state index in [1.54, 1.807) is 37.9 Å². The number of hydrogen-bond acceptors (Lipinski definition) is 8. The van der Waals surface area contributed by atoms with Crippen molar-refractivity contribution < 1.29 is 23.5 Å². The Kier molecular flexibility index (Phi) is 8.17. The molecule has 1 aromatic heterocycles. The molecule has 40 heavy (non-hydrogen) atoms. The molecular formula is C32H33NO6S. The van der Waals surface area contributed by atoms with Crippen molar-refractivity contribution in [3.63, 3.8) is 0 Å². The molecule has 0 bridgehead atoms. The molecule has 1 aliphatic carbocycles. The lowest BCUT2D eigenvalue weighted by Gasteiger charge is -2.36. The third-order valence-electron chi connectivity index (χ3n) is 7.54. The standard InChI is InChI=1S/C32H33NO6S/c1-5-40-12-11-38-32(36)28-19(3)33-25-15-21(20-7-6-8-22(14-20)37-4)16-26(34)30(25)29(28)24-17-39-27-10-9-18(2)13-23(27)31(24)35/h6-10,13-14,17,21,29,33H,5,11-12,15-16H2,1-4H3. The molecule has 1 aliphatic heterocycles. The molecule has 3 aromatic rings. The van der Waals surface area contributed by atoms with Crippen LogP contribution in [0.3, 0.4) is 0 Å². The van der Waals surface area contributed by atoms with Gasteiger partial charge in [-0.3, -0.25) is 9.59 Å². The number of ether oxygens (including phenoxy) is 2. The Morgan fingerprint density at radius 2 is 1.95 bits per heavy atom. The van der Waals surface area contributed by atoms with Crippen molar-refractivity contribution in [3.8, 4) is 5.75 Å². The highest BCUT2D eigenvalue weighted by molar-refractivity contribution is 7.99. The number of benzene rings is 2. The van der Waals surface area contributed by atoms with Gasteiger partial charge in [0.15, 0.2) is 11.2 Å². The fourth-order valence-corrected chi connectivity index (χ4v) is 6.12. The van der Waals surface area contributed by atoms with Crippen molar-refractivity contribution in [2.24, 2.45) is 0 Å². The first-order chi connectivity index (χ1) is 19.3. The molecule has 2 atom stereocenters. The van der Waals surface area contributed by atoms with Gasteiger partial charge in [-0.15, -0.1) is 0 Å². The summed E-state index contributed by atoms with van der Waals surface area (Å²) in [5.41, 5.74) is 4.35. The second-order valence-corrected chi connectivity index (χ2v) is 11.5. The number of carbonyl (C=O) groups excluding carboxylic acids is 2. The van der Waals surface area contributed by atoms with Gasteiger partial charge in [-0.25, -0.2) is 4.79 Å². The molecule has 208 valence electrons. The predicted octanol–water partition coefficient (Wildman–Crippen LogP) is 5.77. The number of thioether (sulfide) groups is 1. The maximum Gasteiger partial charge on any atom is 0.336 e. The highest BCUT2D eigenvalue weighted by Gasteiger charge is 2.42. The maximum absolute atomic E-state index is 13.9. The van der Waals surface area contributed by atoms with Gasteiger partial charge in [0, 0.05) is 34.7 Å². The molecule has 8 heteroatoms. The number of carbonyl (C=O) groups is 2. The molecule has 2 aliphatic rings. The molecule has 0 amide bonds. The quantitative estimate of drug-likeness (QED) is 0.275. The van der Waals surface area contributed by atoms with Crippen LogP contribution in [0.15, 0.2) is 80.5 Å². The van der Waals surface area contributed by atoms with Crippen molar-refractivity contribution in [2.45, 2.75) is 45.4 Å². The molecule has 2 aromatic carbocycles. The maximum atomic E-state index is 13.9. The van der Waals surface area contributed by atoms with E-state index < -0.39 is 11.9 Å². The molecule has 2 heterocycles. The number of dihydropyridines is 1. The Balaban J connectivity index is 1.61. The number of fused-ring (bicyclic) bond motifs is 1. The summed E-state index contributed by atoms with van der Waals surface area (Å²) >= 11 is 1.67. The third kappa shape index (κ3) is 5.32. The first-order valence-electron chi connectivity index (χ1n) is 13.5. The van der Waals surface area contributed by atoms with Gasteiger partial charge in [0.25, 0.3) is 0 Å². The minimum Gasteiger partial charge on any atom is -0.497 e. The molecule has 2 unspecified atom stereocenters. The summed E-state index contributed by atoms with van der Waals surface area (Å²) in [4.78, 5) is 41.3. The Labute approximate surface area is 237 Å². The highest BCUT2D eigenvalue weighted by Crippen LogP contribution is 2.45. The second-order valence-electron chi connectivity index (χ2n) is 10.1. The summed E-state index contributed by atoms with van der Waals surface area (Å²) in [5.74, 6) is 0.698. The SMILES string of the molecule is CCSCCOC(=O)C1=C(C)NC2=C(C(=O)CC(c3cccc(OC)c3)C2)C1c1coc2ccc(C)cc2c1=O. The van der Waals surface area contributed by atoms with Gasteiger partial charge in [0.05, 0.1) is 30.3 Å². The van der Waals surface area contributed by atoms with E-state index in [0.717, 1.165) is 22.6 Å². The zero-order valence-electron chi connectivity index (χ0n) is 23.2. The van der Waals surface area contributed by atoms with Gasteiger partial charge in [-0.2, -0.15) is 11.8 Å². The third-order valence-corrected chi connectivity index (χ3v) is 8.41. The molecule has 0 radical (unpaired) electrons. The molecule has 0 spiro atoms. The fourth-order valence-electron chi connectivity index (χ4n) is 5.63. The Bertz CT molecular complexity index is 1600. The van der Waals surface area contributed by atoms with Crippen LogP contribution in [0.4, 0.5) is 0 Å². The van der Waals surface area contributed by atoms with E-state index in [1.807, 2.05) is 44.2 Å². The van der Waals surface area contributed by atoms with Gasteiger partial charge in [0.1, 0.15) is 17.9 Å². The zero-order valence-corrected chi connectivity index (χ0v) is 24.0. The van der Waals surface area contributed by atoms with E-state index in [0.29, 0.717) is 40.1 Å². The molecular weight excluding hydrogens is 526 g/mol. The topological polar surface area (TPSA) is 94.8 Å². The van der Waals surface area contributed by atoms with Gasteiger partial charge >= 0.3 is 5.97 Å². The Hall–Kier alpha value is -3.78. The normalized spacial score (nSPS) is 18.9. The average molecular weight is 560 g/mol. The summed E-state index contributed by atoms with van der Waals surface area (Å²) in [6.45, 7) is 5.98. The van der Waals surface area contributed by atoms with Crippen LogP contribution in [-0.2, 0) is 14.3 Å².